The third kappa shape index (κ3) is 4.76. The molecule has 7 nitrogen and oxygen atoms in total. The van der Waals surface area contributed by atoms with Crippen LogP contribution in [-0.2, 0) is 14.8 Å². The summed E-state index contributed by atoms with van der Waals surface area (Å²) in [5.41, 5.74) is 0.686. The van der Waals surface area contributed by atoms with Crippen molar-refractivity contribution >= 4 is 21.6 Å². The number of hydrogen-bond donors (Lipinski definition) is 0. The van der Waals surface area contributed by atoms with Crippen LogP contribution in [0.3, 0.4) is 0 Å². The molecule has 0 bridgehead atoms. The minimum atomic E-state index is -3.84. The predicted molar refractivity (Wildman–Crippen MR) is 123 cm³/mol. The summed E-state index contributed by atoms with van der Waals surface area (Å²) < 4.78 is 39.8. The smallest absolute Gasteiger partial charge is 0.243 e. The molecule has 0 atom stereocenters. The molecule has 1 fully saturated rings. The van der Waals surface area contributed by atoms with E-state index in [-0.39, 0.29) is 23.4 Å². The SMILES string of the molecule is CCOc1ccc(S(=O)(=O)N(CC(=O)N2CCOc3ccccc32)C2CCCCC2)cc1. The van der Waals surface area contributed by atoms with E-state index in [9.17, 15) is 13.2 Å². The maximum Gasteiger partial charge on any atom is 0.243 e. The van der Waals surface area contributed by atoms with Gasteiger partial charge in [-0.1, -0.05) is 31.4 Å². The van der Waals surface area contributed by atoms with E-state index in [1.165, 1.54) is 4.31 Å². The van der Waals surface area contributed by atoms with E-state index in [0.717, 1.165) is 32.1 Å². The van der Waals surface area contributed by atoms with Gasteiger partial charge in [0.2, 0.25) is 15.9 Å². The lowest BCUT2D eigenvalue weighted by molar-refractivity contribution is -0.119. The molecule has 2 aromatic carbocycles. The zero-order valence-corrected chi connectivity index (χ0v) is 19.2. The number of anilines is 1. The van der Waals surface area contributed by atoms with Crippen molar-refractivity contribution in [1.82, 2.24) is 4.31 Å². The number of carbonyl (C=O) groups is 1. The summed E-state index contributed by atoms with van der Waals surface area (Å²) in [5.74, 6) is 1.03. The fraction of sp³-hybridized carbons (Fsp3) is 0.458. The number of carbonyl (C=O) groups excluding carboxylic acids is 1. The molecule has 4 rings (SSSR count). The van der Waals surface area contributed by atoms with E-state index >= 15 is 0 Å². The topological polar surface area (TPSA) is 76.2 Å². The number of nitrogens with zero attached hydrogens (tertiary/aromatic N) is 2. The summed E-state index contributed by atoms with van der Waals surface area (Å²) in [6.07, 6.45) is 4.56. The second-order valence-corrected chi connectivity index (χ2v) is 10.00. The van der Waals surface area contributed by atoms with Crippen LogP contribution in [0.15, 0.2) is 53.4 Å². The van der Waals surface area contributed by atoms with Crippen molar-refractivity contribution < 1.29 is 22.7 Å². The molecule has 1 heterocycles. The minimum absolute atomic E-state index is 0.180. The number of para-hydroxylation sites is 2. The third-order valence-corrected chi connectivity index (χ3v) is 7.96. The number of fused-ring (bicyclic) bond motifs is 1. The second kappa shape index (κ2) is 9.92. The maximum absolute atomic E-state index is 13.7. The quantitative estimate of drug-likeness (QED) is 0.630. The Kier molecular flexibility index (Phi) is 7.01. The van der Waals surface area contributed by atoms with Crippen molar-refractivity contribution in [2.45, 2.75) is 50.0 Å². The van der Waals surface area contributed by atoms with Crippen LogP contribution in [0.25, 0.3) is 0 Å². The molecular formula is C24H30N2O5S. The molecule has 1 aliphatic heterocycles. The predicted octanol–water partition coefficient (Wildman–Crippen LogP) is 3.83. The summed E-state index contributed by atoms with van der Waals surface area (Å²) in [4.78, 5) is 15.2. The monoisotopic (exact) mass is 458 g/mol. The van der Waals surface area contributed by atoms with Crippen molar-refractivity contribution in [3.63, 3.8) is 0 Å². The summed E-state index contributed by atoms with van der Waals surface area (Å²) in [6.45, 7) is 2.99. The molecule has 0 radical (unpaired) electrons. The lowest BCUT2D eigenvalue weighted by Gasteiger charge is -2.35. The average Bonchev–Trinajstić information content (AvgIpc) is 2.83. The highest BCUT2D eigenvalue weighted by Crippen LogP contribution is 2.33. The van der Waals surface area contributed by atoms with Crippen LogP contribution in [0.5, 0.6) is 11.5 Å². The first-order valence-electron chi connectivity index (χ1n) is 11.3. The first kappa shape index (κ1) is 22.6. The van der Waals surface area contributed by atoms with Crippen molar-refractivity contribution in [1.29, 1.82) is 0 Å². The Balaban J connectivity index is 1.62. The lowest BCUT2D eigenvalue weighted by Crippen LogP contribution is -2.49. The summed E-state index contributed by atoms with van der Waals surface area (Å²) >= 11 is 0. The standard InChI is InChI=1S/C24H30N2O5S/c1-2-30-20-12-14-21(15-13-20)32(28,29)26(19-8-4-3-5-9-19)18-24(27)25-16-17-31-23-11-7-6-10-22(23)25/h6-7,10-15,19H,2-5,8-9,16-18H2,1H3. The van der Waals surface area contributed by atoms with Crippen molar-refractivity contribution in [2.75, 3.05) is 31.2 Å². The molecule has 1 amide bonds. The summed E-state index contributed by atoms with van der Waals surface area (Å²) in [6, 6.07) is 13.6. The molecule has 172 valence electrons. The Labute approximate surface area is 190 Å². The van der Waals surface area contributed by atoms with Gasteiger partial charge in [0, 0.05) is 6.04 Å². The van der Waals surface area contributed by atoms with Gasteiger partial charge in [-0.15, -0.1) is 0 Å². The molecule has 1 saturated carbocycles. The molecule has 0 spiro atoms. The molecule has 0 unspecified atom stereocenters. The zero-order valence-electron chi connectivity index (χ0n) is 18.4. The largest absolute Gasteiger partial charge is 0.494 e. The van der Waals surface area contributed by atoms with Gasteiger partial charge in [-0.05, 0) is 56.2 Å². The average molecular weight is 459 g/mol. The van der Waals surface area contributed by atoms with Gasteiger partial charge < -0.3 is 14.4 Å². The van der Waals surface area contributed by atoms with Crippen LogP contribution < -0.4 is 14.4 Å². The minimum Gasteiger partial charge on any atom is -0.494 e. The molecule has 0 aromatic heterocycles. The highest BCUT2D eigenvalue weighted by Gasteiger charge is 2.36. The number of sulfonamides is 1. The second-order valence-electron chi connectivity index (χ2n) is 8.11. The van der Waals surface area contributed by atoms with Gasteiger partial charge in [-0.3, -0.25) is 4.79 Å². The molecule has 2 aliphatic rings. The highest BCUT2D eigenvalue weighted by molar-refractivity contribution is 7.89. The van der Waals surface area contributed by atoms with E-state index < -0.39 is 10.0 Å². The normalized spacial score (nSPS) is 17.0. The van der Waals surface area contributed by atoms with Crippen LogP contribution in [0.4, 0.5) is 5.69 Å². The Morgan fingerprint density at radius 1 is 1.09 bits per heavy atom. The Hall–Kier alpha value is -2.58. The van der Waals surface area contributed by atoms with Crippen LogP contribution >= 0.6 is 0 Å². The van der Waals surface area contributed by atoms with Crippen molar-refractivity contribution in [3.05, 3.63) is 48.5 Å². The summed E-state index contributed by atoms with van der Waals surface area (Å²) in [7, 11) is -3.84. The van der Waals surface area contributed by atoms with Gasteiger partial charge in [0.05, 0.1) is 30.3 Å². The van der Waals surface area contributed by atoms with E-state index in [4.69, 9.17) is 9.47 Å². The number of ether oxygens (including phenoxy) is 2. The Morgan fingerprint density at radius 2 is 1.81 bits per heavy atom. The van der Waals surface area contributed by atoms with Crippen LogP contribution in [0, 0.1) is 0 Å². The lowest BCUT2D eigenvalue weighted by atomic mass is 9.95. The number of hydrogen-bond acceptors (Lipinski definition) is 5. The molecule has 0 saturated heterocycles. The fourth-order valence-corrected chi connectivity index (χ4v) is 6.07. The molecule has 1 aliphatic carbocycles. The van der Waals surface area contributed by atoms with Gasteiger partial charge in [0.1, 0.15) is 18.1 Å². The molecule has 32 heavy (non-hydrogen) atoms. The van der Waals surface area contributed by atoms with Crippen LogP contribution in [-0.4, -0.2) is 51.0 Å². The Morgan fingerprint density at radius 3 is 2.53 bits per heavy atom. The van der Waals surface area contributed by atoms with E-state index in [0.29, 0.717) is 36.9 Å². The molecule has 2 aromatic rings. The summed E-state index contributed by atoms with van der Waals surface area (Å²) in [5, 5.41) is 0. The molecular weight excluding hydrogens is 428 g/mol. The zero-order chi connectivity index (χ0) is 22.6. The van der Waals surface area contributed by atoms with Crippen LogP contribution in [0.1, 0.15) is 39.0 Å². The van der Waals surface area contributed by atoms with Gasteiger partial charge in [-0.25, -0.2) is 8.42 Å². The first-order chi connectivity index (χ1) is 15.5. The van der Waals surface area contributed by atoms with Crippen molar-refractivity contribution in [3.8, 4) is 11.5 Å². The number of amides is 1. The van der Waals surface area contributed by atoms with Crippen LogP contribution in [0.2, 0.25) is 0 Å². The van der Waals surface area contributed by atoms with E-state index in [1.807, 2.05) is 31.2 Å². The maximum atomic E-state index is 13.7. The fourth-order valence-electron chi connectivity index (χ4n) is 4.44. The van der Waals surface area contributed by atoms with Gasteiger partial charge in [0.25, 0.3) is 0 Å². The molecule has 8 heteroatoms. The van der Waals surface area contributed by atoms with Crippen molar-refractivity contribution in [2.24, 2.45) is 0 Å². The number of benzene rings is 2. The van der Waals surface area contributed by atoms with Gasteiger partial charge in [0.15, 0.2) is 0 Å². The van der Waals surface area contributed by atoms with Gasteiger partial charge in [-0.2, -0.15) is 4.31 Å². The van der Waals surface area contributed by atoms with E-state index in [2.05, 4.69) is 0 Å². The first-order valence-corrected chi connectivity index (χ1v) is 12.7. The third-order valence-electron chi connectivity index (χ3n) is 6.04. The Bertz CT molecular complexity index is 1030. The number of rotatable bonds is 7. The van der Waals surface area contributed by atoms with Gasteiger partial charge >= 0.3 is 0 Å². The molecule has 0 N–H and O–H groups in total. The highest BCUT2D eigenvalue weighted by atomic mass is 32.2. The van der Waals surface area contributed by atoms with E-state index in [1.54, 1.807) is 29.2 Å².